The fraction of sp³-hybridized carbons (Fsp3) is 0.190. The Morgan fingerprint density at radius 1 is 1.32 bits per heavy atom. The molecule has 0 bridgehead atoms. The van der Waals surface area contributed by atoms with Gasteiger partial charge in [0.1, 0.15) is 11.6 Å². The van der Waals surface area contributed by atoms with Crippen LogP contribution in [0.4, 0.5) is 11.4 Å². The molecule has 10 heteroatoms. The summed E-state index contributed by atoms with van der Waals surface area (Å²) >= 11 is 3.30. The van der Waals surface area contributed by atoms with Gasteiger partial charge in [-0.05, 0) is 65.2 Å². The molecule has 0 aliphatic rings. The molecule has 0 unspecified atom stereocenters. The largest absolute Gasteiger partial charge is 0.490 e. The van der Waals surface area contributed by atoms with E-state index < -0.39 is 16.8 Å². The topological polar surface area (TPSA) is 132 Å². The normalized spacial score (nSPS) is 10.7. The van der Waals surface area contributed by atoms with Crippen LogP contribution in [-0.4, -0.2) is 23.4 Å². The van der Waals surface area contributed by atoms with Crippen LogP contribution in [0.3, 0.4) is 0 Å². The van der Waals surface area contributed by atoms with Crippen molar-refractivity contribution in [1.82, 2.24) is 0 Å². The summed E-state index contributed by atoms with van der Waals surface area (Å²) in [5.41, 5.74) is 0.975. The standard InChI is InChI=1S/C21H18BrN3O6/c1-4-30-19-10-14(9-17(22)20(19)31-13(3)26)8-15(11-23)21(27)24-18-6-5-16(25(28)29)7-12(18)2/h5-10H,4H2,1-3H3,(H,24,27). The Balaban J connectivity index is 2.36. The second kappa shape index (κ2) is 10.4. The number of halogens is 1. The Morgan fingerprint density at radius 2 is 2.03 bits per heavy atom. The number of rotatable bonds is 7. The van der Waals surface area contributed by atoms with Crippen LogP contribution in [0.15, 0.2) is 40.4 Å². The monoisotopic (exact) mass is 487 g/mol. The van der Waals surface area contributed by atoms with E-state index in [9.17, 15) is 25.0 Å². The van der Waals surface area contributed by atoms with Gasteiger partial charge in [-0.25, -0.2) is 0 Å². The SMILES string of the molecule is CCOc1cc(C=C(C#N)C(=O)Nc2ccc([N+](=O)[O-])cc2C)cc(Br)c1OC(C)=O. The van der Waals surface area contributed by atoms with Gasteiger partial charge in [-0.2, -0.15) is 5.26 Å². The Morgan fingerprint density at radius 3 is 2.58 bits per heavy atom. The van der Waals surface area contributed by atoms with Crippen LogP contribution in [0.2, 0.25) is 0 Å². The Kier molecular flexibility index (Phi) is 7.88. The number of benzene rings is 2. The molecule has 0 aliphatic heterocycles. The number of hydrogen-bond donors (Lipinski definition) is 1. The lowest BCUT2D eigenvalue weighted by molar-refractivity contribution is -0.384. The molecule has 9 nitrogen and oxygen atoms in total. The summed E-state index contributed by atoms with van der Waals surface area (Å²) in [5, 5.41) is 22.9. The molecule has 0 radical (unpaired) electrons. The number of esters is 1. The van der Waals surface area contributed by atoms with Crippen molar-refractivity contribution in [3.63, 3.8) is 0 Å². The van der Waals surface area contributed by atoms with E-state index in [4.69, 9.17) is 9.47 Å². The van der Waals surface area contributed by atoms with Crippen LogP contribution in [0.5, 0.6) is 11.5 Å². The molecular formula is C21H18BrN3O6. The number of nitro benzene ring substituents is 1. The number of ether oxygens (including phenoxy) is 2. The molecule has 0 heterocycles. The number of non-ortho nitro benzene ring substituents is 1. The van der Waals surface area contributed by atoms with Crippen molar-refractivity contribution >= 4 is 45.3 Å². The highest BCUT2D eigenvalue weighted by atomic mass is 79.9. The predicted molar refractivity (Wildman–Crippen MR) is 117 cm³/mol. The molecule has 2 aromatic carbocycles. The third kappa shape index (κ3) is 6.13. The molecule has 2 aromatic rings. The zero-order valence-corrected chi connectivity index (χ0v) is 18.5. The lowest BCUT2D eigenvalue weighted by Gasteiger charge is -2.13. The van der Waals surface area contributed by atoms with E-state index in [0.717, 1.165) is 0 Å². The van der Waals surface area contributed by atoms with E-state index in [-0.39, 0.29) is 22.8 Å². The number of carbonyl (C=O) groups is 2. The van der Waals surface area contributed by atoms with Crippen LogP contribution >= 0.6 is 15.9 Å². The average molecular weight is 488 g/mol. The summed E-state index contributed by atoms with van der Waals surface area (Å²) in [4.78, 5) is 34.2. The highest BCUT2D eigenvalue weighted by Crippen LogP contribution is 2.37. The van der Waals surface area contributed by atoms with E-state index in [1.54, 1.807) is 19.9 Å². The van der Waals surface area contributed by atoms with E-state index in [1.165, 1.54) is 37.3 Å². The lowest BCUT2D eigenvalue weighted by Crippen LogP contribution is -2.14. The van der Waals surface area contributed by atoms with E-state index in [2.05, 4.69) is 21.2 Å². The van der Waals surface area contributed by atoms with Crippen molar-refractivity contribution in [3.8, 4) is 17.6 Å². The highest BCUT2D eigenvalue weighted by molar-refractivity contribution is 9.10. The van der Waals surface area contributed by atoms with Crippen molar-refractivity contribution < 1.29 is 24.0 Å². The van der Waals surface area contributed by atoms with E-state index in [0.29, 0.717) is 27.9 Å². The van der Waals surface area contributed by atoms with Crippen LogP contribution in [0, 0.1) is 28.4 Å². The van der Waals surface area contributed by atoms with Crippen LogP contribution < -0.4 is 14.8 Å². The second-order valence-corrected chi connectivity index (χ2v) is 7.09. The third-order valence-corrected chi connectivity index (χ3v) is 4.51. The van der Waals surface area contributed by atoms with Gasteiger partial charge in [0.05, 0.1) is 16.0 Å². The van der Waals surface area contributed by atoms with Crippen molar-refractivity contribution in [3.05, 3.63) is 61.6 Å². The smallest absolute Gasteiger partial charge is 0.308 e. The first kappa shape index (κ1) is 23.6. The van der Waals surface area contributed by atoms with Gasteiger partial charge in [-0.15, -0.1) is 0 Å². The molecule has 0 aliphatic carbocycles. The summed E-state index contributed by atoms with van der Waals surface area (Å²) in [6.45, 7) is 4.93. The fourth-order valence-corrected chi connectivity index (χ4v) is 3.12. The zero-order valence-electron chi connectivity index (χ0n) is 16.9. The number of anilines is 1. The number of nitrogens with zero attached hydrogens (tertiary/aromatic N) is 2. The van der Waals surface area contributed by atoms with Gasteiger partial charge in [0.2, 0.25) is 0 Å². The Hall–Kier alpha value is -3.71. The molecule has 0 spiro atoms. The number of hydrogen-bond acceptors (Lipinski definition) is 7. The Labute approximate surface area is 186 Å². The highest BCUT2D eigenvalue weighted by Gasteiger charge is 2.17. The molecular weight excluding hydrogens is 470 g/mol. The van der Waals surface area contributed by atoms with Crippen molar-refractivity contribution in [2.75, 3.05) is 11.9 Å². The maximum Gasteiger partial charge on any atom is 0.308 e. The first-order valence-corrected chi connectivity index (χ1v) is 9.78. The molecule has 31 heavy (non-hydrogen) atoms. The van der Waals surface area contributed by atoms with Gasteiger partial charge >= 0.3 is 5.97 Å². The maximum atomic E-state index is 12.6. The molecule has 0 aromatic heterocycles. The van der Waals surface area contributed by atoms with Crippen LogP contribution in [-0.2, 0) is 9.59 Å². The molecule has 2 rings (SSSR count). The average Bonchev–Trinajstić information content (AvgIpc) is 2.70. The molecule has 1 N–H and O–H groups in total. The first-order valence-electron chi connectivity index (χ1n) is 8.99. The molecule has 160 valence electrons. The molecule has 0 saturated carbocycles. The van der Waals surface area contributed by atoms with Crippen LogP contribution in [0.25, 0.3) is 6.08 Å². The number of nitriles is 1. The number of amides is 1. The molecule has 1 amide bonds. The van der Waals surface area contributed by atoms with Crippen LogP contribution in [0.1, 0.15) is 25.0 Å². The quantitative estimate of drug-likeness (QED) is 0.151. The first-order chi connectivity index (χ1) is 14.7. The number of nitro groups is 1. The van der Waals surface area contributed by atoms with E-state index >= 15 is 0 Å². The lowest BCUT2D eigenvalue weighted by atomic mass is 10.1. The minimum absolute atomic E-state index is 0.104. The van der Waals surface area contributed by atoms with Gasteiger partial charge < -0.3 is 14.8 Å². The van der Waals surface area contributed by atoms with Gasteiger partial charge in [-0.3, -0.25) is 19.7 Å². The minimum Gasteiger partial charge on any atom is -0.490 e. The maximum absolute atomic E-state index is 12.6. The fourth-order valence-electron chi connectivity index (χ4n) is 2.58. The molecule has 0 saturated heterocycles. The zero-order chi connectivity index (χ0) is 23.1. The number of nitrogens with one attached hydrogen (secondary N) is 1. The van der Waals surface area contributed by atoms with Gasteiger partial charge in [0.15, 0.2) is 11.5 Å². The van der Waals surface area contributed by atoms with Gasteiger partial charge in [0.25, 0.3) is 11.6 Å². The molecule has 0 fully saturated rings. The van der Waals surface area contributed by atoms with E-state index in [1.807, 2.05) is 6.07 Å². The Bertz CT molecular complexity index is 1120. The van der Waals surface area contributed by atoms with Gasteiger partial charge in [0, 0.05) is 24.7 Å². The number of carbonyl (C=O) groups excluding carboxylic acids is 2. The van der Waals surface area contributed by atoms with Crippen molar-refractivity contribution in [2.45, 2.75) is 20.8 Å². The van der Waals surface area contributed by atoms with Crippen molar-refractivity contribution in [1.29, 1.82) is 5.26 Å². The summed E-state index contributed by atoms with van der Waals surface area (Å²) in [6, 6.07) is 8.93. The predicted octanol–water partition coefficient (Wildman–Crippen LogP) is 4.54. The number of aryl methyl sites for hydroxylation is 1. The summed E-state index contributed by atoms with van der Waals surface area (Å²) in [7, 11) is 0. The summed E-state index contributed by atoms with van der Waals surface area (Å²) in [5.74, 6) is -0.753. The second-order valence-electron chi connectivity index (χ2n) is 6.24. The van der Waals surface area contributed by atoms with Crippen molar-refractivity contribution in [2.24, 2.45) is 0 Å². The molecule has 0 atom stereocenters. The summed E-state index contributed by atoms with van der Waals surface area (Å²) < 4.78 is 11.1. The third-order valence-electron chi connectivity index (χ3n) is 3.92. The van der Waals surface area contributed by atoms with Gasteiger partial charge in [-0.1, -0.05) is 0 Å². The summed E-state index contributed by atoms with van der Waals surface area (Å²) in [6.07, 6.45) is 1.35. The minimum atomic E-state index is -0.683.